The Hall–Kier alpha value is -2.38. The summed E-state index contributed by atoms with van der Waals surface area (Å²) in [6.45, 7) is 1.19. The van der Waals surface area contributed by atoms with Crippen molar-refractivity contribution in [2.75, 3.05) is 0 Å². The third kappa shape index (κ3) is 2.61. The quantitative estimate of drug-likeness (QED) is 0.738. The number of hydrogen-bond acceptors (Lipinski definition) is 7. The van der Waals surface area contributed by atoms with Crippen molar-refractivity contribution in [1.82, 2.24) is 10.2 Å². The normalized spacial score (nSPS) is 14.2. The molecule has 0 aliphatic rings. The Morgan fingerprint density at radius 2 is 2.14 bits per heavy atom. The zero-order valence-corrected chi connectivity index (χ0v) is 11.3. The first kappa shape index (κ1) is 13.6. The van der Waals surface area contributed by atoms with Crippen LogP contribution in [-0.2, 0) is 6.61 Å². The monoisotopic (exact) mass is 290 g/mol. The van der Waals surface area contributed by atoms with E-state index in [0.717, 1.165) is 5.39 Å². The molecule has 0 spiro atoms. The average molecular weight is 290 g/mol. The molecule has 0 bridgehead atoms. The lowest BCUT2D eigenvalue weighted by Gasteiger charge is -2.18. The number of fused-ring (bicyclic) bond motifs is 1. The van der Waals surface area contributed by atoms with Crippen LogP contribution >= 0.6 is 0 Å². The molecule has 0 radical (unpaired) electrons. The maximum Gasteiger partial charge on any atom is 0.259 e. The first-order chi connectivity index (χ1) is 10.2. The Morgan fingerprint density at radius 3 is 2.86 bits per heavy atom. The highest BCUT2D eigenvalue weighted by Gasteiger charge is 2.26. The SMILES string of the molecule is CC(O)C(Oc1cccc2occc12)c1nnc(CO)o1. The molecule has 0 amide bonds. The number of aromatic nitrogens is 2. The number of aliphatic hydroxyl groups is 2. The van der Waals surface area contributed by atoms with Gasteiger partial charge in [-0.15, -0.1) is 10.2 Å². The van der Waals surface area contributed by atoms with Crippen LogP contribution in [0.1, 0.15) is 24.8 Å². The van der Waals surface area contributed by atoms with Crippen LogP contribution in [0.25, 0.3) is 11.0 Å². The number of ether oxygens (including phenoxy) is 1. The van der Waals surface area contributed by atoms with Crippen LogP contribution in [0.3, 0.4) is 0 Å². The smallest absolute Gasteiger partial charge is 0.259 e. The Balaban J connectivity index is 1.93. The van der Waals surface area contributed by atoms with Gasteiger partial charge in [-0.2, -0.15) is 0 Å². The van der Waals surface area contributed by atoms with Gasteiger partial charge in [-0.25, -0.2) is 0 Å². The minimum Gasteiger partial charge on any atom is -0.477 e. The molecule has 7 heteroatoms. The molecule has 0 aliphatic heterocycles. The third-order valence-corrected chi connectivity index (χ3v) is 3.01. The van der Waals surface area contributed by atoms with E-state index in [1.165, 1.54) is 0 Å². The number of furan rings is 1. The lowest BCUT2D eigenvalue weighted by Crippen LogP contribution is -2.21. The van der Waals surface area contributed by atoms with Gasteiger partial charge in [0.2, 0.25) is 12.0 Å². The van der Waals surface area contributed by atoms with E-state index >= 15 is 0 Å². The molecule has 3 aromatic rings. The molecule has 1 aromatic carbocycles. The van der Waals surface area contributed by atoms with Crippen molar-refractivity contribution in [1.29, 1.82) is 0 Å². The first-order valence-electron chi connectivity index (χ1n) is 6.43. The molecule has 2 unspecified atom stereocenters. The van der Waals surface area contributed by atoms with Gasteiger partial charge in [-0.1, -0.05) is 6.07 Å². The van der Waals surface area contributed by atoms with E-state index in [1.807, 2.05) is 6.07 Å². The Bertz CT molecular complexity index is 734. The second-order valence-electron chi connectivity index (χ2n) is 4.56. The highest BCUT2D eigenvalue weighted by Crippen LogP contribution is 2.31. The van der Waals surface area contributed by atoms with Gasteiger partial charge in [0.25, 0.3) is 5.89 Å². The van der Waals surface area contributed by atoms with Crippen molar-refractivity contribution in [2.24, 2.45) is 0 Å². The summed E-state index contributed by atoms with van der Waals surface area (Å²) < 4.78 is 16.3. The Labute approximate surface area is 119 Å². The minimum atomic E-state index is -0.876. The van der Waals surface area contributed by atoms with E-state index in [9.17, 15) is 5.11 Å². The second-order valence-corrected chi connectivity index (χ2v) is 4.56. The van der Waals surface area contributed by atoms with Gasteiger partial charge in [0.15, 0.2) is 0 Å². The molecule has 110 valence electrons. The fourth-order valence-corrected chi connectivity index (χ4v) is 2.01. The molecule has 0 saturated heterocycles. The Morgan fingerprint density at radius 1 is 1.29 bits per heavy atom. The van der Waals surface area contributed by atoms with E-state index in [2.05, 4.69) is 10.2 Å². The highest BCUT2D eigenvalue weighted by molar-refractivity contribution is 5.83. The Kier molecular flexibility index (Phi) is 3.59. The van der Waals surface area contributed by atoms with Crippen LogP contribution in [0, 0.1) is 0 Å². The van der Waals surface area contributed by atoms with Gasteiger partial charge >= 0.3 is 0 Å². The van der Waals surface area contributed by atoms with Gasteiger partial charge in [0, 0.05) is 0 Å². The summed E-state index contributed by atoms with van der Waals surface area (Å²) in [6, 6.07) is 7.14. The molecule has 3 rings (SSSR count). The highest BCUT2D eigenvalue weighted by atomic mass is 16.5. The van der Waals surface area contributed by atoms with Crippen LogP contribution < -0.4 is 4.74 Å². The van der Waals surface area contributed by atoms with Crippen LogP contribution in [-0.4, -0.2) is 26.5 Å². The largest absolute Gasteiger partial charge is 0.477 e. The molecule has 2 atom stereocenters. The molecule has 21 heavy (non-hydrogen) atoms. The number of hydrogen-bond donors (Lipinski definition) is 2. The molecule has 7 nitrogen and oxygen atoms in total. The molecular weight excluding hydrogens is 276 g/mol. The van der Waals surface area contributed by atoms with Crippen LogP contribution in [0.4, 0.5) is 0 Å². The molecular formula is C14H14N2O5. The lowest BCUT2D eigenvalue weighted by atomic mass is 10.2. The summed E-state index contributed by atoms with van der Waals surface area (Å²) >= 11 is 0. The number of rotatable bonds is 5. The fourth-order valence-electron chi connectivity index (χ4n) is 2.01. The van der Waals surface area contributed by atoms with Gasteiger partial charge in [-0.3, -0.25) is 0 Å². The summed E-state index contributed by atoms with van der Waals surface area (Å²) in [5, 5.41) is 27.1. The summed E-state index contributed by atoms with van der Waals surface area (Å²) in [5.41, 5.74) is 0.679. The van der Waals surface area contributed by atoms with E-state index < -0.39 is 12.2 Å². The summed E-state index contributed by atoms with van der Waals surface area (Å²) in [7, 11) is 0. The van der Waals surface area contributed by atoms with Crippen LogP contribution in [0.15, 0.2) is 39.4 Å². The maximum atomic E-state index is 9.89. The molecule has 0 saturated carbocycles. The number of nitrogens with zero attached hydrogens (tertiary/aromatic N) is 2. The second kappa shape index (κ2) is 5.55. The summed E-state index contributed by atoms with van der Waals surface area (Å²) in [5.74, 6) is 0.714. The first-order valence-corrected chi connectivity index (χ1v) is 6.43. The van der Waals surface area contributed by atoms with E-state index in [4.69, 9.17) is 18.7 Å². The number of aliphatic hydroxyl groups excluding tert-OH is 2. The van der Waals surface area contributed by atoms with Crippen LogP contribution in [0.5, 0.6) is 5.75 Å². The zero-order valence-electron chi connectivity index (χ0n) is 11.3. The third-order valence-electron chi connectivity index (χ3n) is 3.01. The standard InChI is InChI=1S/C14H14N2O5/c1-8(18)13(14-16-15-12(7-17)21-14)20-11-4-2-3-10-9(11)5-6-19-10/h2-6,8,13,17-18H,7H2,1H3. The van der Waals surface area contributed by atoms with Gasteiger partial charge in [-0.05, 0) is 25.1 Å². The maximum absolute atomic E-state index is 9.89. The zero-order chi connectivity index (χ0) is 14.8. The molecule has 0 aliphatic carbocycles. The minimum absolute atomic E-state index is 0.0702. The van der Waals surface area contributed by atoms with Gasteiger partial charge in [0.1, 0.15) is 17.9 Å². The van der Waals surface area contributed by atoms with E-state index in [0.29, 0.717) is 11.3 Å². The number of benzene rings is 1. The molecule has 2 heterocycles. The molecule has 2 N–H and O–H groups in total. The average Bonchev–Trinajstić information content (AvgIpc) is 3.13. The van der Waals surface area contributed by atoms with Crippen molar-refractivity contribution >= 4 is 11.0 Å². The van der Waals surface area contributed by atoms with Crippen molar-refractivity contribution in [2.45, 2.75) is 25.7 Å². The topological polar surface area (TPSA) is 102 Å². The van der Waals surface area contributed by atoms with Gasteiger partial charge in [0.05, 0.1) is 17.8 Å². The summed E-state index contributed by atoms with van der Waals surface area (Å²) in [4.78, 5) is 0. The predicted molar refractivity (Wildman–Crippen MR) is 71.5 cm³/mol. The van der Waals surface area contributed by atoms with E-state index in [1.54, 1.807) is 31.4 Å². The summed E-state index contributed by atoms with van der Waals surface area (Å²) in [6.07, 6.45) is -0.150. The van der Waals surface area contributed by atoms with Crippen molar-refractivity contribution in [3.8, 4) is 5.75 Å². The molecule has 2 aromatic heterocycles. The predicted octanol–water partition coefficient (Wildman–Crippen LogP) is 1.81. The van der Waals surface area contributed by atoms with Crippen molar-refractivity contribution in [3.05, 3.63) is 42.3 Å². The fraction of sp³-hybridized carbons (Fsp3) is 0.286. The lowest BCUT2D eigenvalue weighted by molar-refractivity contribution is 0.0305. The van der Waals surface area contributed by atoms with Gasteiger partial charge < -0.3 is 23.8 Å². The van der Waals surface area contributed by atoms with E-state index in [-0.39, 0.29) is 18.4 Å². The van der Waals surface area contributed by atoms with Crippen molar-refractivity contribution < 1.29 is 23.8 Å². The van der Waals surface area contributed by atoms with Crippen LogP contribution in [0.2, 0.25) is 0 Å². The molecule has 0 fully saturated rings. The van der Waals surface area contributed by atoms with Crippen molar-refractivity contribution in [3.63, 3.8) is 0 Å².